The lowest BCUT2D eigenvalue weighted by Crippen LogP contribution is -2.50. The molecular weight excluding hydrogens is 286 g/mol. The largest absolute Gasteiger partial charge is 0.481 e. The summed E-state index contributed by atoms with van der Waals surface area (Å²) in [4.78, 5) is 23.9. The summed E-state index contributed by atoms with van der Waals surface area (Å²) in [6, 6.07) is 8.96. The van der Waals surface area contributed by atoms with Crippen LogP contribution in [0.3, 0.4) is 0 Å². The van der Waals surface area contributed by atoms with Crippen LogP contribution in [0.5, 0.6) is 0 Å². The molecule has 0 aromatic heterocycles. The molecular formula is C16H21NO5. The molecule has 1 fully saturated rings. The van der Waals surface area contributed by atoms with Crippen molar-refractivity contribution in [2.75, 3.05) is 26.4 Å². The summed E-state index contributed by atoms with van der Waals surface area (Å²) < 4.78 is 10.5. The molecule has 1 aliphatic rings. The maximum atomic E-state index is 12.1. The van der Waals surface area contributed by atoms with Gasteiger partial charge in [0.25, 0.3) is 5.91 Å². The van der Waals surface area contributed by atoms with E-state index in [1.807, 2.05) is 6.07 Å². The summed E-state index contributed by atoms with van der Waals surface area (Å²) in [7, 11) is 0. The first-order valence-corrected chi connectivity index (χ1v) is 7.36. The number of carbonyl (C=O) groups excluding carboxylic acids is 1. The molecule has 0 saturated carbocycles. The first-order chi connectivity index (χ1) is 10.6. The number of nitrogens with one attached hydrogen (secondary N) is 1. The Labute approximate surface area is 129 Å². The highest BCUT2D eigenvalue weighted by Gasteiger charge is 2.39. The predicted octanol–water partition coefficient (Wildman–Crippen LogP) is 0.951. The van der Waals surface area contributed by atoms with Gasteiger partial charge in [-0.3, -0.25) is 9.59 Å². The molecule has 1 aromatic rings. The van der Waals surface area contributed by atoms with E-state index >= 15 is 0 Å². The topological polar surface area (TPSA) is 84.9 Å². The average Bonchev–Trinajstić information content (AvgIpc) is 2.57. The lowest BCUT2D eigenvalue weighted by molar-refractivity contribution is -0.149. The minimum atomic E-state index is -1.15. The predicted molar refractivity (Wildman–Crippen MR) is 79.6 cm³/mol. The van der Waals surface area contributed by atoms with Gasteiger partial charge in [0.15, 0.2) is 6.10 Å². The van der Waals surface area contributed by atoms with Gasteiger partial charge in [0.1, 0.15) is 5.41 Å². The van der Waals surface area contributed by atoms with Crippen LogP contribution in [-0.2, 0) is 24.5 Å². The first-order valence-electron chi connectivity index (χ1n) is 7.36. The third kappa shape index (κ3) is 3.45. The zero-order valence-electron chi connectivity index (χ0n) is 12.6. The molecule has 1 aromatic carbocycles. The third-order valence-corrected chi connectivity index (χ3v) is 4.01. The molecule has 1 heterocycles. The van der Waals surface area contributed by atoms with Crippen LogP contribution in [0.2, 0.25) is 0 Å². The number of hydrogen-bond donors (Lipinski definition) is 2. The Bertz CT molecular complexity index is 513. The van der Waals surface area contributed by atoms with Crippen LogP contribution in [-0.4, -0.2) is 49.5 Å². The summed E-state index contributed by atoms with van der Waals surface area (Å²) in [6.07, 6.45) is -0.304. The summed E-state index contributed by atoms with van der Waals surface area (Å²) in [5.41, 5.74) is -0.474. The van der Waals surface area contributed by atoms with Gasteiger partial charge in [-0.25, -0.2) is 0 Å². The molecule has 0 spiro atoms. The van der Waals surface area contributed by atoms with Crippen molar-refractivity contribution in [3.8, 4) is 0 Å². The Morgan fingerprint density at radius 1 is 1.32 bits per heavy atom. The number of hydrogen-bond acceptors (Lipinski definition) is 4. The maximum Gasteiger partial charge on any atom is 0.315 e. The van der Waals surface area contributed by atoms with Crippen molar-refractivity contribution in [1.29, 1.82) is 0 Å². The smallest absolute Gasteiger partial charge is 0.315 e. The van der Waals surface area contributed by atoms with Gasteiger partial charge in [-0.15, -0.1) is 0 Å². The average molecular weight is 307 g/mol. The van der Waals surface area contributed by atoms with E-state index in [-0.39, 0.29) is 19.1 Å². The maximum absolute atomic E-state index is 12.1. The molecule has 0 aliphatic carbocycles. The van der Waals surface area contributed by atoms with Crippen molar-refractivity contribution in [3.63, 3.8) is 0 Å². The Hall–Kier alpha value is -1.92. The van der Waals surface area contributed by atoms with E-state index in [9.17, 15) is 14.7 Å². The highest BCUT2D eigenvalue weighted by molar-refractivity contribution is 5.85. The van der Waals surface area contributed by atoms with Gasteiger partial charge in [-0.2, -0.15) is 0 Å². The monoisotopic (exact) mass is 307 g/mol. The number of rotatable bonds is 6. The van der Waals surface area contributed by atoms with Crippen LogP contribution >= 0.6 is 0 Å². The molecule has 120 valence electrons. The van der Waals surface area contributed by atoms with E-state index < -0.39 is 17.5 Å². The lowest BCUT2D eigenvalue weighted by atomic mass is 9.78. The zero-order chi connectivity index (χ0) is 16.0. The second kappa shape index (κ2) is 7.38. The van der Waals surface area contributed by atoms with Gasteiger partial charge in [0.05, 0.1) is 19.8 Å². The van der Waals surface area contributed by atoms with Crippen LogP contribution in [0, 0.1) is 0 Å². The van der Waals surface area contributed by atoms with Gasteiger partial charge in [0.2, 0.25) is 0 Å². The summed E-state index contributed by atoms with van der Waals surface area (Å²) in [6.45, 7) is 2.86. The number of carboxylic acid groups (broad SMARTS) is 1. The molecule has 1 aliphatic heterocycles. The Balaban J connectivity index is 2.10. The molecule has 0 radical (unpaired) electrons. The van der Waals surface area contributed by atoms with Gasteiger partial charge >= 0.3 is 5.97 Å². The zero-order valence-corrected chi connectivity index (χ0v) is 12.6. The Morgan fingerprint density at radius 2 is 2.05 bits per heavy atom. The van der Waals surface area contributed by atoms with E-state index in [0.29, 0.717) is 25.2 Å². The second-order valence-corrected chi connectivity index (χ2v) is 5.26. The van der Waals surface area contributed by atoms with Gasteiger partial charge < -0.3 is 19.9 Å². The number of aliphatic carboxylic acids is 1. The van der Waals surface area contributed by atoms with E-state index in [4.69, 9.17) is 9.47 Å². The van der Waals surface area contributed by atoms with E-state index in [0.717, 1.165) is 0 Å². The minimum absolute atomic E-state index is 0.0154. The van der Waals surface area contributed by atoms with Crippen molar-refractivity contribution in [1.82, 2.24) is 5.32 Å². The molecule has 2 rings (SSSR count). The van der Waals surface area contributed by atoms with Crippen LogP contribution in [0.1, 0.15) is 18.9 Å². The minimum Gasteiger partial charge on any atom is -0.481 e. The quantitative estimate of drug-likeness (QED) is 0.817. The number of ether oxygens (including phenoxy) is 2. The van der Waals surface area contributed by atoms with E-state index in [1.165, 1.54) is 0 Å². The summed E-state index contributed by atoms with van der Waals surface area (Å²) in [5, 5.41) is 12.4. The molecule has 0 bridgehead atoms. The molecule has 22 heavy (non-hydrogen) atoms. The number of carbonyl (C=O) groups is 2. The molecule has 1 saturated heterocycles. The van der Waals surface area contributed by atoms with Gasteiger partial charge in [-0.05, 0) is 12.0 Å². The van der Waals surface area contributed by atoms with Crippen LogP contribution in [0.15, 0.2) is 30.3 Å². The van der Waals surface area contributed by atoms with Crippen molar-refractivity contribution < 1.29 is 24.2 Å². The fourth-order valence-corrected chi connectivity index (χ4v) is 2.53. The van der Waals surface area contributed by atoms with Crippen molar-refractivity contribution >= 4 is 11.9 Å². The van der Waals surface area contributed by atoms with Crippen LogP contribution in [0.4, 0.5) is 0 Å². The molecule has 6 heteroatoms. The number of amides is 1. The van der Waals surface area contributed by atoms with Gasteiger partial charge in [0, 0.05) is 6.54 Å². The van der Waals surface area contributed by atoms with E-state index in [1.54, 1.807) is 31.2 Å². The van der Waals surface area contributed by atoms with Crippen molar-refractivity contribution in [2.45, 2.75) is 24.9 Å². The SMILES string of the molecule is CCC(CNC(=O)C1COCCO1)(C(=O)O)c1ccccc1. The molecule has 2 unspecified atom stereocenters. The molecule has 2 atom stereocenters. The van der Waals surface area contributed by atoms with Crippen LogP contribution in [0.25, 0.3) is 0 Å². The fourth-order valence-electron chi connectivity index (χ4n) is 2.53. The molecule has 1 amide bonds. The van der Waals surface area contributed by atoms with E-state index in [2.05, 4.69) is 5.32 Å². The summed E-state index contributed by atoms with van der Waals surface area (Å²) in [5.74, 6) is -1.29. The highest BCUT2D eigenvalue weighted by Crippen LogP contribution is 2.28. The third-order valence-electron chi connectivity index (χ3n) is 4.01. The standard InChI is InChI=1S/C16H21NO5/c1-2-16(15(19)20,12-6-4-3-5-7-12)11-17-14(18)13-10-21-8-9-22-13/h3-7,13H,2,8-11H2,1H3,(H,17,18)(H,19,20). The Morgan fingerprint density at radius 3 is 2.59 bits per heavy atom. The fraction of sp³-hybridized carbons (Fsp3) is 0.500. The number of carboxylic acids is 1. The van der Waals surface area contributed by atoms with Crippen LogP contribution < -0.4 is 5.32 Å². The summed E-state index contributed by atoms with van der Waals surface area (Å²) >= 11 is 0. The van der Waals surface area contributed by atoms with Crippen molar-refractivity contribution in [2.24, 2.45) is 0 Å². The van der Waals surface area contributed by atoms with Gasteiger partial charge in [-0.1, -0.05) is 37.3 Å². The molecule has 6 nitrogen and oxygen atoms in total. The van der Waals surface area contributed by atoms with Crippen molar-refractivity contribution in [3.05, 3.63) is 35.9 Å². The second-order valence-electron chi connectivity index (χ2n) is 5.26. The Kier molecular flexibility index (Phi) is 5.51. The normalized spacial score (nSPS) is 20.9. The lowest BCUT2D eigenvalue weighted by Gasteiger charge is -2.30. The first kappa shape index (κ1) is 16.5. The molecule has 2 N–H and O–H groups in total. The highest BCUT2D eigenvalue weighted by atomic mass is 16.6. The number of benzene rings is 1.